The Morgan fingerprint density at radius 1 is 0.773 bits per heavy atom. The fourth-order valence-corrected chi connectivity index (χ4v) is 2.69. The molecule has 0 heterocycles. The zero-order valence-corrected chi connectivity index (χ0v) is 14.0. The van der Waals surface area contributed by atoms with Gasteiger partial charge in [-0.15, -0.1) is 0 Å². The van der Waals surface area contributed by atoms with Gasteiger partial charge in [-0.1, -0.05) is 75.4 Å². The highest BCUT2D eigenvalue weighted by Gasteiger charge is 2.03. The number of hydrogen-bond acceptors (Lipinski definition) is 1. The van der Waals surface area contributed by atoms with Crippen LogP contribution in [0.3, 0.4) is 0 Å². The molecule has 0 N–H and O–H groups in total. The molecule has 0 aromatic heterocycles. The molecule has 0 amide bonds. The summed E-state index contributed by atoms with van der Waals surface area (Å²) in [5, 5.41) is 0. The molecule has 2 rings (SSSR count). The minimum Gasteiger partial charge on any atom is -0.493 e. The van der Waals surface area contributed by atoms with Gasteiger partial charge < -0.3 is 4.74 Å². The fraction of sp³-hybridized carbons (Fsp3) is 0.429. The van der Waals surface area contributed by atoms with Gasteiger partial charge in [-0.05, 0) is 42.2 Å². The van der Waals surface area contributed by atoms with E-state index in [1.807, 2.05) is 6.07 Å². The molecule has 0 aliphatic carbocycles. The Balaban J connectivity index is 1.80. The third-order valence-corrected chi connectivity index (χ3v) is 4.04. The summed E-state index contributed by atoms with van der Waals surface area (Å²) < 4.78 is 5.93. The molecule has 1 heteroatoms. The monoisotopic (exact) mass is 296 g/mol. The molecular formula is C21H28O. The van der Waals surface area contributed by atoms with Crippen molar-refractivity contribution in [3.8, 4) is 16.9 Å². The average Bonchev–Trinajstić information content (AvgIpc) is 2.56. The lowest BCUT2D eigenvalue weighted by molar-refractivity contribution is 0.302. The molecule has 0 atom stereocenters. The third kappa shape index (κ3) is 5.22. The molecule has 1 nitrogen and oxygen atoms in total. The van der Waals surface area contributed by atoms with E-state index in [0.29, 0.717) is 0 Å². The number of hydrogen-bond donors (Lipinski definition) is 0. The van der Waals surface area contributed by atoms with Crippen molar-refractivity contribution in [3.05, 3.63) is 54.1 Å². The molecule has 0 saturated carbocycles. The minimum absolute atomic E-state index is 0.831. The summed E-state index contributed by atoms with van der Waals surface area (Å²) in [5.74, 6) is 1.02. The van der Waals surface area contributed by atoms with Gasteiger partial charge in [0.05, 0.1) is 6.61 Å². The van der Waals surface area contributed by atoms with Crippen LogP contribution in [0, 0.1) is 6.92 Å². The number of unbranched alkanes of at least 4 members (excludes halogenated alkanes) is 5. The van der Waals surface area contributed by atoms with E-state index in [1.54, 1.807) is 0 Å². The Kier molecular flexibility index (Phi) is 7.02. The summed E-state index contributed by atoms with van der Waals surface area (Å²) in [5.41, 5.74) is 3.73. The molecule has 0 aliphatic heterocycles. The first-order chi connectivity index (χ1) is 10.8. The van der Waals surface area contributed by atoms with Crippen LogP contribution in [-0.4, -0.2) is 6.61 Å². The van der Waals surface area contributed by atoms with Gasteiger partial charge in [-0.2, -0.15) is 0 Å². The number of benzene rings is 2. The number of ether oxygens (including phenoxy) is 1. The molecule has 0 saturated heterocycles. The Morgan fingerprint density at radius 3 is 2.23 bits per heavy atom. The summed E-state index contributed by atoms with van der Waals surface area (Å²) in [6.45, 7) is 5.21. The van der Waals surface area contributed by atoms with Crippen LogP contribution >= 0.6 is 0 Å². The largest absolute Gasteiger partial charge is 0.493 e. The van der Waals surface area contributed by atoms with Gasteiger partial charge in [-0.25, -0.2) is 0 Å². The summed E-state index contributed by atoms with van der Waals surface area (Å²) in [7, 11) is 0. The standard InChI is InChI=1S/C21H28O/c1-3-4-5-6-7-11-16-22-21-15-14-20(17-18(21)2)19-12-9-8-10-13-19/h8-10,12-15,17H,3-7,11,16H2,1-2H3. The number of rotatable bonds is 9. The van der Waals surface area contributed by atoms with Crippen LogP contribution in [0.4, 0.5) is 0 Å². The second-order valence-electron chi connectivity index (χ2n) is 5.96. The van der Waals surface area contributed by atoms with Crippen LogP contribution in [0.15, 0.2) is 48.5 Å². The summed E-state index contributed by atoms with van der Waals surface area (Å²) in [6.07, 6.45) is 7.81. The van der Waals surface area contributed by atoms with Crippen molar-refractivity contribution < 1.29 is 4.74 Å². The van der Waals surface area contributed by atoms with E-state index < -0.39 is 0 Å². The Hall–Kier alpha value is -1.76. The summed E-state index contributed by atoms with van der Waals surface area (Å²) in [6, 6.07) is 17.0. The lowest BCUT2D eigenvalue weighted by Crippen LogP contribution is -1.99. The molecule has 0 unspecified atom stereocenters. The second kappa shape index (κ2) is 9.30. The van der Waals surface area contributed by atoms with E-state index in [4.69, 9.17) is 4.74 Å². The minimum atomic E-state index is 0.831. The van der Waals surface area contributed by atoms with Gasteiger partial charge in [0.25, 0.3) is 0 Å². The maximum Gasteiger partial charge on any atom is 0.122 e. The number of aryl methyl sites for hydroxylation is 1. The Labute approximate surface area is 135 Å². The first kappa shape index (κ1) is 16.6. The van der Waals surface area contributed by atoms with Crippen molar-refractivity contribution in [1.29, 1.82) is 0 Å². The molecule has 0 bridgehead atoms. The molecule has 22 heavy (non-hydrogen) atoms. The first-order valence-corrected chi connectivity index (χ1v) is 8.60. The van der Waals surface area contributed by atoms with E-state index in [1.165, 1.54) is 48.8 Å². The van der Waals surface area contributed by atoms with Crippen LogP contribution in [0.5, 0.6) is 5.75 Å². The van der Waals surface area contributed by atoms with Crippen molar-refractivity contribution in [1.82, 2.24) is 0 Å². The predicted molar refractivity (Wildman–Crippen MR) is 95.5 cm³/mol. The van der Waals surface area contributed by atoms with Gasteiger partial charge in [0.1, 0.15) is 5.75 Å². The fourth-order valence-electron chi connectivity index (χ4n) is 2.69. The molecule has 0 fully saturated rings. The average molecular weight is 296 g/mol. The lowest BCUT2D eigenvalue weighted by Gasteiger charge is -2.11. The molecule has 2 aromatic carbocycles. The van der Waals surface area contributed by atoms with Crippen molar-refractivity contribution in [2.45, 2.75) is 52.4 Å². The van der Waals surface area contributed by atoms with E-state index in [0.717, 1.165) is 18.8 Å². The Bertz CT molecular complexity index is 545. The van der Waals surface area contributed by atoms with Crippen LogP contribution in [0.25, 0.3) is 11.1 Å². The normalized spacial score (nSPS) is 10.6. The SMILES string of the molecule is CCCCCCCCOc1ccc(-c2ccccc2)cc1C. The molecule has 0 spiro atoms. The summed E-state index contributed by atoms with van der Waals surface area (Å²) >= 11 is 0. The molecule has 0 aliphatic rings. The maximum absolute atomic E-state index is 5.93. The van der Waals surface area contributed by atoms with E-state index in [9.17, 15) is 0 Å². The van der Waals surface area contributed by atoms with Gasteiger partial charge in [0.2, 0.25) is 0 Å². The van der Waals surface area contributed by atoms with Crippen LogP contribution in [-0.2, 0) is 0 Å². The van der Waals surface area contributed by atoms with E-state index >= 15 is 0 Å². The van der Waals surface area contributed by atoms with Crippen molar-refractivity contribution in [3.63, 3.8) is 0 Å². The smallest absolute Gasteiger partial charge is 0.122 e. The van der Waals surface area contributed by atoms with Gasteiger partial charge in [0, 0.05) is 0 Å². The molecule has 118 valence electrons. The van der Waals surface area contributed by atoms with E-state index in [2.05, 4.69) is 56.3 Å². The van der Waals surface area contributed by atoms with E-state index in [-0.39, 0.29) is 0 Å². The lowest BCUT2D eigenvalue weighted by atomic mass is 10.0. The Morgan fingerprint density at radius 2 is 1.50 bits per heavy atom. The zero-order chi connectivity index (χ0) is 15.6. The summed E-state index contributed by atoms with van der Waals surface area (Å²) in [4.78, 5) is 0. The van der Waals surface area contributed by atoms with Gasteiger partial charge >= 0.3 is 0 Å². The van der Waals surface area contributed by atoms with Crippen molar-refractivity contribution in [2.24, 2.45) is 0 Å². The zero-order valence-electron chi connectivity index (χ0n) is 14.0. The second-order valence-corrected chi connectivity index (χ2v) is 5.96. The van der Waals surface area contributed by atoms with Crippen molar-refractivity contribution >= 4 is 0 Å². The highest BCUT2D eigenvalue weighted by Crippen LogP contribution is 2.26. The predicted octanol–water partition coefficient (Wildman–Crippen LogP) is 6.40. The molecule has 0 radical (unpaired) electrons. The highest BCUT2D eigenvalue weighted by atomic mass is 16.5. The van der Waals surface area contributed by atoms with Crippen LogP contribution < -0.4 is 4.74 Å². The van der Waals surface area contributed by atoms with Gasteiger partial charge in [-0.3, -0.25) is 0 Å². The molecule has 2 aromatic rings. The maximum atomic E-state index is 5.93. The van der Waals surface area contributed by atoms with Crippen molar-refractivity contribution in [2.75, 3.05) is 6.61 Å². The first-order valence-electron chi connectivity index (χ1n) is 8.60. The van der Waals surface area contributed by atoms with Crippen LogP contribution in [0.2, 0.25) is 0 Å². The third-order valence-electron chi connectivity index (χ3n) is 4.04. The van der Waals surface area contributed by atoms with Gasteiger partial charge in [0.15, 0.2) is 0 Å². The molecular weight excluding hydrogens is 268 g/mol. The topological polar surface area (TPSA) is 9.23 Å². The quantitative estimate of drug-likeness (QED) is 0.486. The highest BCUT2D eigenvalue weighted by molar-refractivity contribution is 5.65. The van der Waals surface area contributed by atoms with Crippen LogP contribution in [0.1, 0.15) is 51.0 Å².